The Balaban J connectivity index is 1.27. The van der Waals surface area contributed by atoms with Gasteiger partial charge in [-0.05, 0) is 93.0 Å². The van der Waals surface area contributed by atoms with Crippen LogP contribution in [0.3, 0.4) is 0 Å². The van der Waals surface area contributed by atoms with E-state index in [9.17, 15) is 9.18 Å². The Kier molecular flexibility index (Phi) is 7.58. The second kappa shape index (κ2) is 11.6. The topological polar surface area (TPSA) is 111 Å². The number of halogens is 1. The fourth-order valence-corrected chi connectivity index (χ4v) is 5.65. The van der Waals surface area contributed by atoms with Gasteiger partial charge in [0.25, 0.3) is 0 Å². The number of fused-ring (bicyclic) bond motifs is 1. The summed E-state index contributed by atoms with van der Waals surface area (Å²) in [6.45, 7) is 3.88. The number of carbonyl (C=O) groups excluding carboxylic acids is 1. The minimum absolute atomic E-state index is 0.000519. The molecule has 8 nitrogen and oxygen atoms in total. The molecule has 9 heteroatoms. The Bertz CT molecular complexity index is 1710. The quantitative estimate of drug-likeness (QED) is 0.255. The number of allylic oxidation sites excluding steroid dienone is 2. The molecule has 0 radical (unpaired) electrons. The molecule has 1 saturated heterocycles. The zero-order valence-electron chi connectivity index (χ0n) is 23.7. The lowest BCUT2D eigenvalue weighted by Gasteiger charge is -2.28. The van der Waals surface area contributed by atoms with E-state index in [1.54, 1.807) is 30.7 Å². The first-order valence-electron chi connectivity index (χ1n) is 14.2. The normalized spacial score (nSPS) is 19.2. The van der Waals surface area contributed by atoms with Crippen LogP contribution in [0.4, 0.5) is 10.1 Å². The second-order valence-corrected chi connectivity index (χ2v) is 11.0. The molecule has 42 heavy (non-hydrogen) atoms. The zero-order chi connectivity index (χ0) is 29.2. The lowest BCUT2D eigenvalue weighted by atomic mass is 9.96. The number of amides is 1. The van der Waals surface area contributed by atoms with Crippen molar-refractivity contribution in [2.45, 2.75) is 25.8 Å². The number of likely N-dealkylation sites (tertiary alicyclic amines) is 1. The molecule has 0 aliphatic carbocycles. The van der Waals surface area contributed by atoms with Crippen LogP contribution in [-0.2, 0) is 4.79 Å². The largest absolute Gasteiger partial charge is 0.404 e. The molecule has 2 aliphatic heterocycles. The number of hydrazone groups is 1. The van der Waals surface area contributed by atoms with E-state index in [1.807, 2.05) is 37.3 Å². The van der Waals surface area contributed by atoms with E-state index in [0.29, 0.717) is 5.69 Å². The highest BCUT2D eigenvalue weighted by atomic mass is 19.1. The highest BCUT2D eigenvalue weighted by Crippen LogP contribution is 2.32. The van der Waals surface area contributed by atoms with Crippen LogP contribution in [0.1, 0.15) is 31.0 Å². The fraction of sp³-hybridized carbons (Fsp3) is 0.242. The third kappa shape index (κ3) is 5.56. The number of anilines is 1. The smallest absolute Gasteiger partial charge is 0.227 e. The predicted molar refractivity (Wildman–Crippen MR) is 166 cm³/mol. The average molecular weight is 564 g/mol. The molecule has 214 valence electrons. The molecule has 5 N–H and O–H groups in total. The van der Waals surface area contributed by atoms with Gasteiger partial charge in [0, 0.05) is 40.4 Å². The molecular formula is C33H34FN7O. The summed E-state index contributed by atoms with van der Waals surface area (Å²) in [4.78, 5) is 23.0. The zero-order valence-corrected chi connectivity index (χ0v) is 23.7. The number of nitrogens with one attached hydrogen (secondary N) is 3. The Labute approximate surface area is 244 Å². The molecule has 6 rings (SSSR count). The third-order valence-electron chi connectivity index (χ3n) is 8.10. The Morgan fingerprint density at radius 1 is 1.12 bits per heavy atom. The van der Waals surface area contributed by atoms with Gasteiger partial charge in [0.15, 0.2) is 0 Å². The Morgan fingerprint density at radius 3 is 2.67 bits per heavy atom. The van der Waals surface area contributed by atoms with Crippen LogP contribution < -0.4 is 16.5 Å². The minimum atomic E-state index is -0.264. The SMILES string of the molecule is C[C@@H]1NN=C(c2cc3c(-c4ccc(F)cc4)cccc3[nH]2)/C1=C/C(=C\N)c1cncc(NC(=O)C2CCN(C)CC2)c1. The van der Waals surface area contributed by atoms with Crippen LogP contribution in [0.15, 0.2) is 89.9 Å². The maximum absolute atomic E-state index is 13.6. The number of hydrogen-bond acceptors (Lipinski definition) is 6. The highest BCUT2D eigenvalue weighted by molar-refractivity contribution is 6.17. The summed E-state index contributed by atoms with van der Waals surface area (Å²) in [6.07, 6.45) is 8.65. The first-order valence-corrected chi connectivity index (χ1v) is 14.2. The summed E-state index contributed by atoms with van der Waals surface area (Å²) in [7, 11) is 2.08. The van der Waals surface area contributed by atoms with Crippen LogP contribution in [-0.4, -0.2) is 52.7 Å². The summed E-state index contributed by atoms with van der Waals surface area (Å²) in [5, 5.41) is 8.72. The molecule has 1 fully saturated rings. The van der Waals surface area contributed by atoms with Gasteiger partial charge in [-0.15, -0.1) is 0 Å². The first kappa shape index (κ1) is 27.4. The fourth-order valence-electron chi connectivity index (χ4n) is 5.65. The van der Waals surface area contributed by atoms with Gasteiger partial charge in [-0.1, -0.05) is 24.3 Å². The number of piperidine rings is 1. The van der Waals surface area contributed by atoms with Gasteiger partial charge in [-0.3, -0.25) is 9.78 Å². The summed E-state index contributed by atoms with van der Waals surface area (Å²) in [6, 6.07) is 16.5. The van der Waals surface area contributed by atoms with Crippen molar-refractivity contribution in [3.05, 3.63) is 102 Å². The summed E-state index contributed by atoms with van der Waals surface area (Å²) in [5.41, 5.74) is 17.0. The number of aromatic nitrogens is 2. The van der Waals surface area contributed by atoms with Gasteiger partial charge in [-0.25, -0.2) is 4.39 Å². The van der Waals surface area contributed by atoms with E-state index in [1.165, 1.54) is 12.1 Å². The molecule has 0 unspecified atom stereocenters. The van der Waals surface area contributed by atoms with Gasteiger partial charge in [-0.2, -0.15) is 5.10 Å². The Hall–Kier alpha value is -4.76. The molecule has 0 bridgehead atoms. The molecule has 2 aromatic carbocycles. The van der Waals surface area contributed by atoms with Crippen LogP contribution in [0.2, 0.25) is 0 Å². The van der Waals surface area contributed by atoms with Crippen LogP contribution >= 0.6 is 0 Å². The van der Waals surface area contributed by atoms with Gasteiger partial charge in [0.2, 0.25) is 5.91 Å². The van der Waals surface area contributed by atoms with Crippen molar-refractivity contribution < 1.29 is 9.18 Å². The minimum Gasteiger partial charge on any atom is -0.404 e. The van der Waals surface area contributed by atoms with Crippen LogP contribution in [0, 0.1) is 11.7 Å². The van der Waals surface area contributed by atoms with Crippen molar-refractivity contribution in [1.82, 2.24) is 20.3 Å². The van der Waals surface area contributed by atoms with Crippen molar-refractivity contribution in [2.24, 2.45) is 16.8 Å². The van der Waals surface area contributed by atoms with E-state index in [2.05, 4.69) is 43.8 Å². The number of carbonyl (C=O) groups is 1. The maximum atomic E-state index is 13.6. The molecule has 0 saturated carbocycles. The molecule has 2 aromatic heterocycles. The van der Waals surface area contributed by atoms with Crippen LogP contribution in [0.5, 0.6) is 0 Å². The Morgan fingerprint density at radius 2 is 1.90 bits per heavy atom. The van der Waals surface area contributed by atoms with E-state index in [4.69, 9.17) is 5.73 Å². The molecule has 1 amide bonds. The lowest BCUT2D eigenvalue weighted by molar-refractivity contribution is -0.121. The number of H-pyrrole nitrogens is 1. The molecule has 4 aromatic rings. The third-order valence-corrected chi connectivity index (χ3v) is 8.10. The molecular weight excluding hydrogens is 529 g/mol. The molecule has 2 aliphatic rings. The van der Waals surface area contributed by atoms with Gasteiger partial charge in [0.1, 0.15) is 11.5 Å². The van der Waals surface area contributed by atoms with Crippen molar-refractivity contribution in [1.29, 1.82) is 0 Å². The summed E-state index contributed by atoms with van der Waals surface area (Å²) < 4.78 is 13.6. The number of rotatable bonds is 6. The monoisotopic (exact) mass is 563 g/mol. The molecule has 1 atom stereocenters. The van der Waals surface area contributed by atoms with E-state index < -0.39 is 0 Å². The number of nitrogens with zero attached hydrogens (tertiary/aromatic N) is 3. The van der Waals surface area contributed by atoms with Crippen molar-refractivity contribution >= 4 is 33.8 Å². The first-order chi connectivity index (χ1) is 20.4. The number of hydrogen-bond donors (Lipinski definition) is 4. The summed E-state index contributed by atoms with van der Waals surface area (Å²) in [5.74, 6) is -0.235. The van der Waals surface area contributed by atoms with Crippen molar-refractivity contribution in [2.75, 3.05) is 25.5 Å². The van der Waals surface area contributed by atoms with E-state index in [0.717, 1.165) is 76.1 Å². The molecule has 0 spiro atoms. The van der Waals surface area contributed by atoms with Crippen molar-refractivity contribution in [3.63, 3.8) is 0 Å². The number of benzene rings is 2. The van der Waals surface area contributed by atoms with E-state index >= 15 is 0 Å². The van der Waals surface area contributed by atoms with E-state index in [-0.39, 0.29) is 23.7 Å². The second-order valence-electron chi connectivity index (χ2n) is 11.0. The number of aromatic amines is 1. The molecule has 4 heterocycles. The van der Waals surface area contributed by atoms with Gasteiger partial charge >= 0.3 is 0 Å². The highest BCUT2D eigenvalue weighted by Gasteiger charge is 2.26. The average Bonchev–Trinajstić information content (AvgIpc) is 3.59. The van der Waals surface area contributed by atoms with Gasteiger partial charge in [0.05, 0.1) is 23.6 Å². The predicted octanol–water partition coefficient (Wildman–Crippen LogP) is 5.27. The lowest BCUT2D eigenvalue weighted by Crippen LogP contribution is -2.35. The van der Waals surface area contributed by atoms with Crippen molar-refractivity contribution in [3.8, 4) is 11.1 Å². The number of pyridine rings is 1. The summed E-state index contributed by atoms with van der Waals surface area (Å²) >= 11 is 0. The van der Waals surface area contributed by atoms with Crippen LogP contribution in [0.25, 0.3) is 27.6 Å². The number of nitrogens with two attached hydrogens (primary N) is 1. The maximum Gasteiger partial charge on any atom is 0.227 e. The van der Waals surface area contributed by atoms with Gasteiger partial charge < -0.3 is 26.4 Å². The standard InChI is InChI=1S/C33H34FN7O/c1-20-28(15-23(17-35)24-14-26(19-36-18-24)37-33(42)22-10-12-41(2)13-11-22)32(40-39-20)31-16-29-27(4-3-5-30(29)38-31)21-6-8-25(34)9-7-21/h3-9,14-20,22,38-39H,10-13,35H2,1-2H3,(H,37,42)/b23-17+,28-15+/t20-/m0/s1.